The smallest absolute Gasteiger partial charge is 0.117 e. The molecule has 3 rings (SSSR count). The van der Waals surface area contributed by atoms with Crippen molar-refractivity contribution in [2.24, 2.45) is 0 Å². The topological polar surface area (TPSA) is 15.3 Å². The van der Waals surface area contributed by atoms with Crippen LogP contribution in [0.1, 0.15) is 19.4 Å². The molecule has 0 bridgehead atoms. The molecule has 0 unspecified atom stereocenters. The van der Waals surface area contributed by atoms with Gasteiger partial charge >= 0.3 is 0 Å². The van der Waals surface area contributed by atoms with Crippen molar-refractivity contribution >= 4 is 28.6 Å². The Kier molecular flexibility index (Phi) is 2.79. The molecule has 0 fully saturated rings. The molecular formula is C16H16N2S. The van der Waals surface area contributed by atoms with Crippen molar-refractivity contribution < 1.29 is 0 Å². The molecule has 1 aliphatic heterocycles. The summed E-state index contributed by atoms with van der Waals surface area (Å²) in [6.45, 7) is 4.28. The normalized spacial score (nSPS) is 16.7. The summed E-state index contributed by atoms with van der Waals surface area (Å²) in [6, 6.07) is 18.5. The molecule has 0 aromatic heterocycles. The zero-order valence-corrected chi connectivity index (χ0v) is 11.9. The summed E-state index contributed by atoms with van der Waals surface area (Å²) < 4.78 is 0. The van der Waals surface area contributed by atoms with E-state index in [-0.39, 0.29) is 5.66 Å². The van der Waals surface area contributed by atoms with Gasteiger partial charge in [0.25, 0.3) is 0 Å². The Morgan fingerprint density at radius 2 is 1.58 bits per heavy atom. The van der Waals surface area contributed by atoms with Crippen molar-refractivity contribution in [1.29, 1.82) is 0 Å². The lowest BCUT2D eigenvalue weighted by Gasteiger charge is -2.46. The highest BCUT2D eigenvalue weighted by atomic mass is 32.1. The monoisotopic (exact) mass is 268 g/mol. The summed E-state index contributed by atoms with van der Waals surface area (Å²) in [5.41, 5.74) is 3.05. The Hall–Kier alpha value is -1.87. The van der Waals surface area contributed by atoms with E-state index < -0.39 is 0 Å². The van der Waals surface area contributed by atoms with Crippen molar-refractivity contribution in [3.8, 4) is 0 Å². The van der Waals surface area contributed by atoms with Gasteiger partial charge < -0.3 is 10.2 Å². The fraction of sp³-hybridized carbons (Fsp3) is 0.188. The molecule has 0 saturated heterocycles. The van der Waals surface area contributed by atoms with Gasteiger partial charge in [-0.2, -0.15) is 0 Å². The predicted molar refractivity (Wildman–Crippen MR) is 84.8 cm³/mol. The van der Waals surface area contributed by atoms with Crippen molar-refractivity contribution in [2.45, 2.75) is 19.5 Å². The highest BCUT2D eigenvalue weighted by Crippen LogP contribution is 2.34. The molecule has 0 radical (unpaired) electrons. The van der Waals surface area contributed by atoms with Gasteiger partial charge in [-0.15, -0.1) is 0 Å². The molecule has 1 heterocycles. The highest BCUT2D eigenvalue weighted by Gasteiger charge is 2.35. The van der Waals surface area contributed by atoms with E-state index in [0.29, 0.717) is 0 Å². The molecule has 0 aliphatic carbocycles. The number of rotatable bonds is 1. The van der Waals surface area contributed by atoms with Crippen molar-refractivity contribution in [3.05, 3.63) is 60.2 Å². The molecule has 0 atom stereocenters. The third kappa shape index (κ3) is 2.00. The summed E-state index contributed by atoms with van der Waals surface area (Å²) in [7, 11) is 0. The van der Waals surface area contributed by atoms with Gasteiger partial charge in [-0.05, 0) is 38.1 Å². The number of hydrogen-bond donors (Lipinski definition) is 1. The molecule has 1 N–H and O–H groups in total. The zero-order chi connectivity index (χ0) is 13.5. The number of para-hydroxylation sites is 2. The molecule has 2 aromatic carbocycles. The second kappa shape index (κ2) is 4.35. The maximum absolute atomic E-state index is 5.70. The van der Waals surface area contributed by atoms with Crippen LogP contribution in [0.2, 0.25) is 0 Å². The van der Waals surface area contributed by atoms with Gasteiger partial charge in [-0.1, -0.05) is 42.5 Å². The summed E-state index contributed by atoms with van der Waals surface area (Å²) in [5, 5.41) is 3.55. The lowest BCUT2D eigenvalue weighted by molar-refractivity contribution is 0.585. The number of hydrogen-bond acceptors (Lipinski definition) is 2. The lowest BCUT2D eigenvalue weighted by Crippen LogP contribution is -2.56. The predicted octanol–water partition coefficient (Wildman–Crippen LogP) is 4.03. The van der Waals surface area contributed by atoms with Crippen LogP contribution >= 0.6 is 12.2 Å². The van der Waals surface area contributed by atoms with Crippen LogP contribution in [-0.4, -0.2) is 10.7 Å². The third-order valence-electron chi connectivity index (χ3n) is 3.37. The van der Waals surface area contributed by atoms with Crippen LogP contribution in [0, 0.1) is 0 Å². The van der Waals surface area contributed by atoms with Crippen LogP contribution in [0.5, 0.6) is 0 Å². The van der Waals surface area contributed by atoms with E-state index in [9.17, 15) is 0 Å². The summed E-state index contributed by atoms with van der Waals surface area (Å²) >= 11 is 5.70. The summed E-state index contributed by atoms with van der Waals surface area (Å²) in [4.78, 5) is 3.04. The van der Waals surface area contributed by atoms with Crippen molar-refractivity contribution in [3.63, 3.8) is 0 Å². The fourth-order valence-electron chi connectivity index (χ4n) is 2.56. The van der Waals surface area contributed by atoms with Crippen molar-refractivity contribution in [1.82, 2.24) is 0 Å². The number of nitrogens with zero attached hydrogens (tertiary/aromatic N) is 1. The van der Waals surface area contributed by atoms with Crippen molar-refractivity contribution in [2.75, 3.05) is 10.2 Å². The number of anilines is 2. The summed E-state index contributed by atoms with van der Waals surface area (Å²) in [5.74, 6) is 0. The van der Waals surface area contributed by atoms with Crippen LogP contribution in [0.3, 0.4) is 0 Å². The van der Waals surface area contributed by atoms with E-state index in [2.05, 4.69) is 48.3 Å². The van der Waals surface area contributed by atoms with Gasteiger partial charge in [0.2, 0.25) is 0 Å². The zero-order valence-electron chi connectivity index (χ0n) is 11.1. The Morgan fingerprint density at radius 3 is 2.32 bits per heavy atom. The first kappa shape index (κ1) is 12.2. The molecule has 2 nitrogen and oxygen atoms in total. The van der Waals surface area contributed by atoms with E-state index in [0.717, 1.165) is 21.9 Å². The first-order valence-corrected chi connectivity index (χ1v) is 6.77. The number of fused-ring (bicyclic) bond motifs is 1. The maximum atomic E-state index is 5.70. The van der Waals surface area contributed by atoms with Gasteiger partial charge in [0.1, 0.15) is 10.7 Å². The SMILES string of the molecule is CC1(C)Nc2ccccc2C(=S)N1c1ccccc1. The van der Waals surface area contributed by atoms with E-state index in [1.165, 1.54) is 0 Å². The van der Waals surface area contributed by atoms with Gasteiger partial charge in [0.15, 0.2) is 0 Å². The molecule has 2 aromatic rings. The summed E-state index contributed by atoms with van der Waals surface area (Å²) in [6.07, 6.45) is 0. The molecule has 0 spiro atoms. The molecule has 1 aliphatic rings. The molecule has 19 heavy (non-hydrogen) atoms. The van der Waals surface area contributed by atoms with Crippen LogP contribution < -0.4 is 10.2 Å². The van der Waals surface area contributed by atoms with Gasteiger partial charge in [0.05, 0.1) is 0 Å². The first-order valence-electron chi connectivity index (χ1n) is 6.36. The van der Waals surface area contributed by atoms with Gasteiger partial charge in [-0.3, -0.25) is 0 Å². The largest absolute Gasteiger partial charge is 0.362 e. The minimum atomic E-state index is -0.243. The molecule has 3 heteroatoms. The van der Waals surface area contributed by atoms with E-state index >= 15 is 0 Å². The van der Waals surface area contributed by atoms with Gasteiger partial charge in [-0.25, -0.2) is 0 Å². The Labute approximate surface area is 119 Å². The number of benzene rings is 2. The maximum Gasteiger partial charge on any atom is 0.117 e. The minimum Gasteiger partial charge on any atom is -0.362 e. The molecule has 0 saturated carbocycles. The second-order valence-electron chi connectivity index (χ2n) is 5.21. The number of thiocarbonyl (C=S) groups is 1. The van der Waals surface area contributed by atoms with E-state index in [1.807, 2.05) is 30.3 Å². The lowest BCUT2D eigenvalue weighted by atomic mass is 10.0. The number of nitrogens with one attached hydrogen (secondary N) is 1. The Morgan fingerprint density at radius 1 is 0.947 bits per heavy atom. The third-order valence-corrected chi connectivity index (χ3v) is 3.78. The van der Waals surface area contributed by atoms with E-state index in [4.69, 9.17) is 12.2 Å². The highest BCUT2D eigenvalue weighted by molar-refractivity contribution is 7.81. The molecule has 0 amide bonds. The average Bonchev–Trinajstić information content (AvgIpc) is 2.39. The quantitative estimate of drug-likeness (QED) is 0.786. The Bertz CT molecular complexity index is 620. The van der Waals surface area contributed by atoms with Crippen LogP contribution in [0.15, 0.2) is 54.6 Å². The van der Waals surface area contributed by atoms with Crippen LogP contribution in [0.25, 0.3) is 0 Å². The van der Waals surface area contributed by atoms with Crippen LogP contribution in [0.4, 0.5) is 11.4 Å². The second-order valence-corrected chi connectivity index (χ2v) is 5.59. The molecule has 96 valence electrons. The fourth-order valence-corrected chi connectivity index (χ4v) is 3.07. The standard InChI is InChI=1S/C16H16N2S/c1-16(2)17-14-11-7-6-10-13(14)15(19)18(16)12-8-4-3-5-9-12/h3-11,17H,1-2H3. The van der Waals surface area contributed by atoms with Gasteiger partial charge in [0, 0.05) is 16.9 Å². The molecular weight excluding hydrogens is 252 g/mol. The first-order chi connectivity index (χ1) is 9.09. The minimum absolute atomic E-state index is 0.243. The van der Waals surface area contributed by atoms with Crippen LogP contribution in [-0.2, 0) is 0 Å². The Balaban J connectivity index is 2.13. The average molecular weight is 268 g/mol. The van der Waals surface area contributed by atoms with E-state index in [1.54, 1.807) is 0 Å².